The Morgan fingerprint density at radius 2 is 1.71 bits per heavy atom. The first-order valence-corrected chi connectivity index (χ1v) is 8.79. The third-order valence-corrected chi connectivity index (χ3v) is 4.70. The van der Waals surface area contributed by atoms with E-state index in [9.17, 15) is 4.79 Å². The van der Waals surface area contributed by atoms with Crippen LogP contribution < -0.4 is 10.6 Å². The van der Waals surface area contributed by atoms with Crippen molar-refractivity contribution >= 4 is 22.0 Å². The molecule has 21 heavy (non-hydrogen) atoms. The number of nitrogens with one attached hydrogen (secondary N) is 2. The van der Waals surface area contributed by atoms with Crippen LogP contribution >= 0.6 is 15.9 Å². The largest absolute Gasteiger partial charge is 0.338 e. The van der Waals surface area contributed by atoms with E-state index in [1.807, 2.05) is 12.1 Å². The highest BCUT2D eigenvalue weighted by atomic mass is 79.9. The number of carbonyl (C=O) groups is 1. The minimum atomic E-state index is -0.0390. The Morgan fingerprint density at radius 3 is 2.43 bits per heavy atom. The van der Waals surface area contributed by atoms with Crippen molar-refractivity contribution in [3.63, 3.8) is 0 Å². The molecular formula is C17H25BrN2O. The molecule has 1 fully saturated rings. The predicted molar refractivity (Wildman–Crippen MR) is 90.4 cm³/mol. The van der Waals surface area contributed by atoms with Crippen LogP contribution in [0.4, 0.5) is 4.79 Å². The molecule has 0 radical (unpaired) electrons. The van der Waals surface area contributed by atoms with Gasteiger partial charge in [0.05, 0.1) is 0 Å². The summed E-state index contributed by atoms with van der Waals surface area (Å²) < 4.78 is 1.08. The Bertz CT molecular complexity index is 427. The molecule has 0 bridgehead atoms. The second kappa shape index (κ2) is 9.08. The van der Waals surface area contributed by atoms with Gasteiger partial charge >= 0.3 is 6.03 Å². The summed E-state index contributed by atoms with van der Waals surface area (Å²) in [5, 5.41) is 5.89. The van der Waals surface area contributed by atoms with Gasteiger partial charge in [-0.15, -0.1) is 0 Å². The summed E-state index contributed by atoms with van der Waals surface area (Å²) in [7, 11) is 0. The van der Waals surface area contributed by atoms with Crippen LogP contribution in [0.2, 0.25) is 0 Å². The number of urea groups is 1. The maximum absolute atomic E-state index is 11.7. The van der Waals surface area contributed by atoms with E-state index in [1.165, 1.54) is 37.7 Å². The minimum Gasteiger partial charge on any atom is -0.338 e. The van der Waals surface area contributed by atoms with Crippen LogP contribution in [0.25, 0.3) is 0 Å². The summed E-state index contributed by atoms with van der Waals surface area (Å²) in [5.41, 5.74) is 1.24. The lowest BCUT2D eigenvalue weighted by atomic mass is 9.87. The van der Waals surface area contributed by atoms with Crippen LogP contribution in [-0.4, -0.2) is 19.1 Å². The second-order valence-electron chi connectivity index (χ2n) is 5.85. The maximum Gasteiger partial charge on any atom is 0.314 e. The molecule has 1 aromatic rings. The highest BCUT2D eigenvalue weighted by molar-refractivity contribution is 9.10. The number of hydrogen-bond donors (Lipinski definition) is 2. The summed E-state index contributed by atoms with van der Waals surface area (Å²) >= 11 is 3.42. The Hall–Kier alpha value is -1.03. The highest BCUT2D eigenvalue weighted by Crippen LogP contribution is 2.25. The van der Waals surface area contributed by atoms with E-state index < -0.39 is 0 Å². The van der Waals surface area contributed by atoms with Crippen LogP contribution in [0.3, 0.4) is 0 Å². The molecule has 1 aliphatic rings. The standard InChI is InChI=1S/C17H25BrN2O/c18-16-8-6-15(7-9-16)11-13-20-17(21)19-12-10-14-4-2-1-3-5-14/h6-9,14H,1-5,10-13H2,(H2,19,20,21). The summed E-state index contributed by atoms with van der Waals surface area (Å²) in [6.07, 6.45) is 8.79. The maximum atomic E-state index is 11.7. The molecule has 116 valence electrons. The average Bonchev–Trinajstić information content (AvgIpc) is 2.50. The molecule has 0 atom stereocenters. The number of rotatable bonds is 6. The highest BCUT2D eigenvalue weighted by Gasteiger charge is 2.13. The Morgan fingerprint density at radius 1 is 1.05 bits per heavy atom. The van der Waals surface area contributed by atoms with Gasteiger partial charge in [-0.2, -0.15) is 0 Å². The lowest BCUT2D eigenvalue weighted by molar-refractivity contribution is 0.239. The third-order valence-electron chi connectivity index (χ3n) is 4.18. The van der Waals surface area contributed by atoms with Crippen molar-refractivity contribution in [1.82, 2.24) is 10.6 Å². The molecular weight excluding hydrogens is 328 g/mol. The van der Waals surface area contributed by atoms with Crippen molar-refractivity contribution in [2.24, 2.45) is 5.92 Å². The zero-order valence-electron chi connectivity index (χ0n) is 12.5. The van der Waals surface area contributed by atoms with Gasteiger partial charge in [0.2, 0.25) is 0 Å². The molecule has 4 heteroatoms. The van der Waals surface area contributed by atoms with Crippen molar-refractivity contribution in [2.45, 2.75) is 44.9 Å². The number of hydrogen-bond acceptors (Lipinski definition) is 1. The molecule has 0 heterocycles. The van der Waals surface area contributed by atoms with Crippen LogP contribution in [0.5, 0.6) is 0 Å². The number of benzene rings is 1. The number of amides is 2. The smallest absolute Gasteiger partial charge is 0.314 e. The lowest BCUT2D eigenvalue weighted by Crippen LogP contribution is -2.37. The first kappa shape index (κ1) is 16.3. The molecule has 1 aliphatic carbocycles. The summed E-state index contributed by atoms with van der Waals surface area (Å²) in [5.74, 6) is 0.821. The zero-order chi connectivity index (χ0) is 14.9. The first-order chi connectivity index (χ1) is 10.2. The van der Waals surface area contributed by atoms with Gasteiger partial charge < -0.3 is 10.6 Å². The van der Waals surface area contributed by atoms with Gasteiger partial charge in [-0.3, -0.25) is 0 Å². The molecule has 0 saturated heterocycles. The number of carbonyl (C=O) groups excluding carboxylic acids is 1. The van der Waals surface area contributed by atoms with Crippen molar-refractivity contribution < 1.29 is 4.79 Å². The molecule has 2 rings (SSSR count). The van der Waals surface area contributed by atoms with Crippen LogP contribution in [-0.2, 0) is 6.42 Å². The van der Waals surface area contributed by atoms with E-state index in [0.29, 0.717) is 6.54 Å². The van der Waals surface area contributed by atoms with Crippen LogP contribution in [0.1, 0.15) is 44.1 Å². The SMILES string of the molecule is O=C(NCCc1ccc(Br)cc1)NCCC1CCCCC1. The third kappa shape index (κ3) is 6.51. The normalized spacial score (nSPS) is 15.7. The number of halogens is 1. The van der Waals surface area contributed by atoms with Crippen LogP contribution in [0, 0.1) is 5.92 Å². The molecule has 0 unspecified atom stereocenters. The Kier molecular flexibility index (Phi) is 7.07. The van der Waals surface area contributed by atoms with E-state index in [2.05, 4.69) is 38.7 Å². The van der Waals surface area contributed by atoms with Crippen molar-refractivity contribution in [2.75, 3.05) is 13.1 Å². The Labute approximate surface area is 136 Å². The molecule has 1 aromatic carbocycles. The second-order valence-corrected chi connectivity index (χ2v) is 6.77. The van der Waals surface area contributed by atoms with Crippen molar-refractivity contribution in [1.29, 1.82) is 0 Å². The fourth-order valence-corrected chi connectivity index (χ4v) is 3.16. The molecule has 0 aromatic heterocycles. The van der Waals surface area contributed by atoms with E-state index in [4.69, 9.17) is 0 Å². The first-order valence-electron chi connectivity index (χ1n) is 8.00. The lowest BCUT2D eigenvalue weighted by Gasteiger charge is -2.21. The van der Waals surface area contributed by atoms with Gasteiger partial charge in [0.1, 0.15) is 0 Å². The molecule has 1 saturated carbocycles. The van der Waals surface area contributed by atoms with Gasteiger partial charge in [0.25, 0.3) is 0 Å². The van der Waals surface area contributed by atoms with Gasteiger partial charge in [-0.1, -0.05) is 60.2 Å². The van der Waals surface area contributed by atoms with Crippen LogP contribution in [0.15, 0.2) is 28.7 Å². The van der Waals surface area contributed by atoms with E-state index >= 15 is 0 Å². The van der Waals surface area contributed by atoms with Gasteiger partial charge in [-0.25, -0.2) is 4.79 Å². The minimum absolute atomic E-state index is 0.0390. The molecule has 2 N–H and O–H groups in total. The molecule has 2 amide bonds. The monoisotopic (exact) mass is 352 g/mol. The predicted octanol–water partition coefficient (Wildman–Crippen LogP) is 4.26. The summed E-state index contributed by atoms with van der Waals surface area (Å²) in [6, 6.07) is 8.17. The molecule has 0 aliphatic heterocycles. The van der Waals surface area contributed by atoms with E-state index in [-0.39, 0.29) is 6.03 Å². The van der Waals surface area contributed by atoms with Gasteiger partial charge in [0, 0.05) is 17.6 Å². The topological polar surface area (TPSA) is 41.1 Å². The summed E-state index contributed by atoms with van der Waals surface area (Å²) in [6.45, 7) is 1.48. The summed E-state index contributed by atoms with van der Waals surface area (Å²) in [4.78, 5) is 11.7. The zero-order valence-corrected chi connectivity index (χ0v) is 14.1. The molecule has 0 spiro atoms. The van der Waals surface area contributed by atoms with Crippen molar-refractivity contribution in [3.8, 4) is 0 Å². The van der Waals surface area contributed by atoms with E-state index in [0.717, 1.165) is 29.8 Å². The molecule has 3 nitrogen and oxygen atoms in total. The quantitative estimate of drug-likeness (QED) is 0.788. The van der Waals surface area contributed by atoms with Gasteiger partial charge in [-0.05, 0) is 36.5 Å². The average molecular weight is 353 g/mol. The van der Waals surface area contributed by atoms with E-state index in [1.54, 1.807) is 0 Å². The fraction of sp³-hybridized carbons (Fsp3) is 0.588. The van der Waals surface area contributed by atoms with Crippen molar-refractivity contribution in [3.05, 3.63) is 34.3 Å². The Balaban J connectivity index is 1.54. The fourth-order valence-electron chi connectivity index (χ4n) is 2.90. The van der Waals surface area contributed by atoms with Gasteiger partial charge in [0.15, 0.2) is 0 Å².